The van der Waals surface area contributed by atoms with Gasteiger partial charge in [-0.05, 0) is 31.4 Å². The highest BCUT2D eigenvalue weighted by Gasteiger charge is 2.52. The number of unbranched alkanes of at least 4 members (excludes halogenated alkanes) is 5. The Morgan fingerprint density at radius 2 is 1.54 bits per heavy atom. The molecule has 1 unspecified atom stereocenters. The predicted molar refractivity (Wildman–Crippen MR) is 97.1 cm³/mol. The molecule has 3 rings (SSSR count). The minimum Gasteiger partial charge on any atom is -0.469 e. The number of aliphatic imine (C=N–C) groups is 1. The van der Waals surface area contributed by atoms with Crippen molar-refractivity contribution in [2.75, 3.05) is 7.11 Å². The zero-order valence-electron chi connectivity index (χ0n) is 15.1. The maximum Gasteiger partial charge on any atom is 0.305 e. The van der Waals surface area contributed by atoms with Crippen molar-refractivity contribution < 1.29 is 19.1 Å². The molecular formula is C20H24N2O4. The number of hydrogen-bond acceptors (Lipinski definition) is 5. The van der Waals surface area contributed by atoms with Crippen molar-refractivity contribution in [1.29, 1.82) is 0 Å². The number of amides is 2. The topological polar surface area (TPSA) is 76.0 Å². The third kappa shape index (κ3) is 3.69. The molecule has 0 aliphatic carbocycles. The maximum absolute atomic E-state index is 12.6. The number of carbonyl (C=O) groups excluding carboxylic acids is 3. The van der Waals surface area contributed by atoms with E-state index in [9.17, 15) is 14.4 Å². The first-order valence-electron chi connectivity index (χ1n) is 9.20. The van der Waals surface area contributed by atoms with Crippen LogP contribution >= 0.6 is 0 Å². The van der Waals surface area contributed by atoms with Gasteiger partial charge in [0.05, 0.1) is 24.5 Å². The summed E-state index contributed by atoms with van der Waals surface area (Å²) < 4.78 is 4.62. The van der Waals surface area contributed by atoms with E-state index >= 15 is 0 Å². The van der Waals surface area contributed by atoms with Crippen LogP contribution in [0.3, 0.4) is 0 Å². The Morgan fingerprint density at radius 1 is 1.00 bits per heavy atom. The summed E-state index contributed by atoms with van der Waals surface area (Å²) in [7, 11) is 1.41. The fraction of sp³-hybridized carbons (Fsp3) is 0.500. The number of rotatable bonds is 10. The molecule has 0 N–H and O–H groups in total. The first-order chi connectivity index (χ1) is 12.6. The molecular weight excluding hydrogens is 332 g/mol. The van der Waals surface area contributed by atoms with Gasteiger partial charge in [0, 0.05) is 6.42 Å². The van der Waals surface area contributed by atoms with Gasteiger partial charge in [-0.2, -0.15) is 0 Å². The number of methoxy groups -OCH3 is 1. The number of benzene rings is 1. The number of carbonyl (C=O) groups is 3. The number of fused-ring (bicyclic) bond motifs is 1. The monoisotopic (exact) mass is 356 g/mol. The molecule has 2 amide bonds. The fourth-order valence-corrected chi connectivity index (χ4v) is 3.44. The van der Waals surface area contributed by atoms with Crippen LogP contribution in [0.1, 0.15) is 72.1 Å². The molecule has 1 aromatic carbocycles. The largest absolute Gasteiger partial charge is 0.469 e. The number of nitrogens with zero attached hydrogens (tertiary/aromatic N) is 2. The molecule has 0 radical (unpaired) electrons. The highest BCUT2D eigenvalue weighted by atomic mass is 16.5. The third-order valence-electron chi connectivity index (χ3n) is 5.01. The highest BCUT2D eigenvalue weighted by molar-refractivity contribution is 6.23. The van der Waals surface area contributed by atoms with Crippen LogP contribution in [-0.4, -0.2) is 41.7 Å². The second-order valence-corrected chi connectivity index (χ2v) is 6.83. The summed E-state index contributed by atoms with van der Waals surface area (Å²) in [4.78, 5) is 41.8. The van der Waals surface area contributed by atoms with Crippen LogP contribution in [0.4, 0.5) is 0 Å². The van der Waals surface area contributed by atoms with E-state index in [1.54, 1.807) is 30.5 Å². The van der Waals surface area contributed by atoms with Crippen LogP contribution in [0.15, 0.2) is 29.3 Å². The number of imide groups is 1. The summed E-state index contributed by atoms with van der Waals surface area (Å²) in [6.45, 7) is 0. The first-order valence-corrected chi connectivity index (χ1v) is 9.20. The van der Waals surface area contributed by atoms with E-state index in [4.69, 9.17) is 0 Å². The molecule has 0 spiro atoms. The molecule has 0 bridgehead atoms. The van der Waals surface area contributed by atoms with E-state index in [0.29, 0.717) is 24.0 Å². The number of esters is 1. The van der Waals surface area contributed by atoms with Gasteiger partial charge >= 0.3 is 5.97 Å². The summed E-state index contributed by atoms with van der Waals surface area (Å²) in [6, 6.07) is 6.93. The molecule has 1 aromatic rings. The van der Waals surface area contributed by atoms with Gasteiger partial charge in [0.2, 0.25) is 0 Å². The molecule has 2 aliphatic heterocycles. The van der Waals surface area contributed by atoms with Crippen LogP contribution in [0.5, 0.6) is 0 Å². The lowest BCUT2D eigenvalue weighted by atomic mass is 10.0. The predicted octanol–water partition coefficient (Wildman–Crippen LogP) is 3.36. The van der Waals surface area contributed by atoms with Gasteiger partial charge in [-0.25, -0.2) is 4.90 Å². The van der Waals surface area contributed by atoms with E-state index < -0.39 is 5.66 Å². The van der Waals surface area contributed by atoms with Crippen LogP contribution in [-0.2, 0) is 9.53 Å². The van der Waals surface area contributed by atoms with Crippen molar-refractivity contribution in [1.82, 2.24) is 4.90 Å². The average Bonchev–Trinajstić information content (AvgIpc) is 3.38. The Kier molecular flexibility index (Phi) is 5.49. The summed E-state index contributed by atoms with van der Waals surface area (Å²) in [5.41, 5.74) is 0.203. The smallest absolute Gasteiger partial charge is 0.305 e. The van der Waals surface area contributed by atoms with Gasteiger partial charge in [0.25, 0.3) is 11.8 Å². The molecule has 0 saturated carbocycles. The molecule has 6 heteroatoms. The molecule has 0 fully saturated rings. The van der Waals surface area contributed by atoms with Crippen molar-refractivity contribution in [2.24, 2.45) is 4.99 Å². The fourth-order valence-electron chi connectivity index (χ4n) is 3.44. The molecule has 0 aromatic heterocycles. The lowest BCUT2D eigenvalue weighted by molar-refractivity contribution is -0.140. The molecule has 6 nitrogen and oxygen atoms in total. The minimum absolute atomic E-state index is 0.154. The van der Waals surface area contributed by atoms with Crippen LogP contribution in [0.25, 0.3) is 0 Å². The van der Waals surface area contributed by atoms with E-state index in [-0.39, 0.29) is 17.8 Å². The average molecular weight is 356 g/mol. The molecule has 0 saturated heterocycles. The normalized spacial score (nSPS) is 20.4. The number of ether oxygens (including phenoxy) is 1. The molecule has 2 heterocycles. The Bertz CT molecular complexity index is 700. The zero-order valence-corrected chi connectivity index (χ0v) is 15.1. The second-order valence-electron chi connectivity index (χ2n) is 6.83. The van der Waals surface area contributed by atoms with Gasteiger partial charge in [-0.3, -0.25) is 19.4 Å². The standard InChI is InChI=1S/C20H24N2O4/c1-26-17(23)12-6-4-2-3-5-9-13-20(14-21-20)22-18(24)15-10-7-8-11-16(15)19(22)25/h7-8,10-11,14H,2-6,9,12-13H2,1H3. The Hall–Kier alpha value is -2.50. The SMILES string of the molecule is COC(=O)CCCCCCCCC1(N2C(=O)c3ccccc3C2=O)C=N1. The molecule has 138 valence electrons. The highest BCUT2D eigenvalue weighted by Crippen LogP contribution is 2.38. The Morgan fingerprint density at radius 3 is 2.08 bits per heavy atom. The van der Waals surface area contributed by atoms with Crippen molar-refractivity contribution in [2.45, 2.75) is 57.0 Å². The van der Waals surface area contributed by atoms with E-state index in [0.717, 1.165) is 38.5 Å². The zero-order chi connectivity index (χ0) is 18.6. The van der Waals surface area contributed by atoms with Gasteiger partial charge < -0.3 is 4.74 Å². The van der Waals surface area contributed by atoms with E-state index in [2.05, 4.69) is 9.73 Å². The van der Waals surface area contributed by atoms with Crippen molar-refractivity contribution >= 4 is 24.0 Å². The molecule has 1 atom stereocenters. The number of hydrogen-bond donors (Lipinski definition) is 0. The second kappa shape index (κ2) is 7.81. The minimum atomic E-state index is -0.738. The van der Waals surface area contributed by atoms with E-state index in [1.165, 1.54) is 12.0 Å². The van der Waals surface area contributed by atoms with Crippen molar-refractivity contribution in [3.05, 3.63) is 35.4 Å². The van der Waals surface area contributed by atoms with Crippen LogP contribution in [0.2, 0.25) is 0 Å². The van der Waals surface area contributed by atoms with Crippen molar-refractivity contribution in [3.63, 3.8) is 0 Å². The van der Waals surface area contributed by atoms with Crippen LogP contribution in [0, 0.1) is 0 Å². The van der Waals surface area contributed by atoms with Gasteiger partial charge in [0.1, 0.15) is 0 Å². The summed E-state index contributed by atoms with van der Waals surface area (Å²) >= 11 is 0. The summed E-state index contributed by atoms with van der Waals surface area (Å²) in [5, 5.41) is 0. The molecule has 2 aliphatic rings. The Balaban J connectivity index is 1.40. The summed E-state index contributed by atoms with van der Waals surface area (Å²) in [5.74, 6) is -0.643. The Labute approximate surface area is 153 Å². The first kappa shape index (κ1) is 18.3. The summed E-state index contributed by atoms with van der Waals surface area (Å²) in [6.07, 6.45) is 8.80. The maximum atomic E-state index is 12.6. The van der Waals surface area contributed by atoms with Gasteiger partial charge in [-0.1, -0.05) is 37.8 Å². The lowest BCUT2D eigenvalue weighted by Gasteiger charge is -2.24. The van der Waals surface area contributed by atoms with Crippen molar-refractivity contribution in [3.8, 4) is 0 Å². The molecule has 26 heavy (non-hydrogen) atoms. The van der Waals surface area contributed by atoms with Crippen LogP contribution < -0.4 is 0 Å². The van der Waals surface area contributed by atoms with E-state index in [1.807, 2.05) is 0 Å². The van der Waals surface area contributed by atoms with Gasteiger partial charge in [-0.15, -0.1) is 0 Å². The third-order valence-corrected chi connectivity index (χ3v) is 5.01. The lowest BCUT2D eigenvalue weighted by Crippen LogP contribution is -2.44. The quantitative estimate of drug-likeness (QED) is 0.366. The van der Waals surface area contributed by atoms with Gasteiger partial charge in [0.15, 0.2) is 5.66 Å².